The van der Waals surface area contributed by atoms with Gasteiger partial charge in [0.05, 0.1) is 12.2 Å². The number of aromatic nitrogens is 1. The third kappa shape index (κ3) is 3.41. The van der Waals surface area contributed by atoms with Gasteiger partial charge in [-0.1, -0.05) is 12.1 Å². The van der Waals surface area contributed by atoms with Gasteiger partial charge in [-0.25, -0.2) is 9.78 Å². The van der Waals surface area contributed by atoms with Crippen molar-refractivity contribution in [2.24, 2.45) is 0 Å². The number of alkyl halides is 3. The van der Waals surface area contributed by atoms with Crippen LogP contribution < -0.4 is 0 Å². The Balaban J connectivity index is 2.31. The number of rotatable bonds is 3. The van der Waals surface area contributed by atoms with E-state index in [-0.39, 0.29) is 12.3 Å². The highest BCUT2D eigenvalue weighted by Crippen LogP contribution is 2.32. The van der Waals surface area contributed by atoms with E-state index >= 15 is 0 Å². The maximum atomic E-state index is 12.5. The van der Waals surface area contributed by atoms with Crippen molar-refractivity contribution in [2.45, 2.75) is 20.0 Å². The van der Waals surface area contributed by atoms with Gasteiger partial charge in [-0.2, -0.15) is 13.2 Å². The van der Waals surface area contributed by atoms with Crippen LogP contribution in [0.25, 0.3) is 10.6 Å². The Kier molecular flexibility index (Phi) is 4.32. The highest BCUT2D eigenvalue weighted by molar-refractivity contribution is 7.15. The summed E-state index contributed by atoms with van der Waals surface area (Å²) in [6.07, 6.45) is -4.37. The predicted octanol–water partition coefficient (Wildman–Crippen LogP) is 4.31. The van der Waals surface area contributed by atoms with Crippen molar-refractivity contribution in [1.82, 2.24) is 4.98 Å². The van der Waals surface area contributed by atoms with E-state index in [1.54, 1.807) is 13.8 Å². The first-order chi connectivity index (χ1) is 9.82. The van der Waals surface area contributed by atoms with E-state index in [2.05, 4.69) is 4.98 Å². The predicted molar refractivity (Wildman–Crippen MR) is 73.2 cm³/mol. The van der Waals surface area contributed by atoms with Crippen molar-refractivity contribution in [3.63, 3.8) is 0 Å². The Morgan fingerprint density at radius 2 is 1.90 bits per heavy atom. The molecule has 112 valence electrons. The van der Waals surface area contributed by atoms with Gasteiger partial charge in [0.15, 0.2) is 5.69 Å². The summed E-state index contributed by atoms with van der Waals surface area (Å²) < 4.78 is 42.4. The normalized spacial score (nSPS) is 11.5. The first kappa shape index (κ1) is 15.5. The monoisotopic (exact) mass is 315 g/mol. The summed E-state index contributed by atoms with van der Waals surface area (Å²) in [5.74, 6) is -0.524. The molecule has 0 aliphatic carbocycles. The van der Waals surface area contributed by atoms with E-state index in [0.29, 0.717) is 15.4 Å². The minimum atomic E-state index is -4.37. The second kappa shape index (κ2) is 5.85. The molecule has 0 radical (unpaired) electrons. The Labute approximate surface area is 123 Å². The van der Waals surface area contributed by atoms with E-state index in [0.717, 1.165) is 12.1 Å². The van der Waals surface area contributed by atoms with Gasteiger partial charge in [-0.05, 0) is 26.0 Å². The number of hydrogen-bond donors (Lipinski definition) is 0. The summed E-state index contributed by atoms with van der Waals surface area (Å²) in [7, 11) is 0. The summed E-state index contributed by atoms with van der Waals surface area (Å²) in [6, 6.07) is 4.68. The van der Waals surface area contributed by atoms with Crippen LogP contribution in [-0.2, 0) is 10.9 Å². The third-order valence-corrected chi connectivity index (χ3v) is 3.74. The van der Waals surface area contributed by atoms with Crippen LogP contribution >= 0.6 is 11.3 Å². The largest absolute Gasteiger partial charge is 0.461 e. The van der Waals surface area contributed by atoms with Crippen LogP contribution in [0.3, 0.4) is 0 Å². The van der Waals surface area contributed by atoms with Crippen molar-refractivity contribution in [3.8, 4) is 10.6 Å². The lowest BCUT2D eigenvalue weighted by atomic mass is 10.1. The van der Waals surface area contributed by atoms with Crippen molar-refractivity contribution in [3.05, 3.63) is 40.4 Å². The molecular weight excluding hydrogens is 303 g/mol. The zero-order valence-electron chi connectivity index (χ0n) is 11.3. The maximum absolute atomic E-state index is 12.5. The molecule has 0 N–H and O–H groups in total. The number of hydrogen-bond acceptors (Lipinski definition) is 4. The van der Waals surface area contributed by atoms with Gasteiger partial charge in [-0.15, -0.1) is 11.3 Å². The van der Waals surface area contributed by atoms with Crippen molar-refractivity contribution >= 4 is 17.3 Å². The number of halogens is 3. The summed E-state index contributed by atoms with van der Waals surface area (Å²) >= 11 is 1.24. The lowest BCUT2D eigenvalue weighted by molar-refractivity contribution is -0.137. The highest BCUT2D eigenvalue weighted by Gasteiger charge is 2.30. The molecule has 1 heterocycles. The Morgan fingerprint density at radius 3 is 2.43 bits per heavy atom. The number of aryl methyl sites for hydroxylation is 1. The van der Waals surface area contributed by atoms with Gasteiger partial charge in [0, 0.05) is 10.4 Å². The minimum absolute atomic E-state index is 0.205. The van der Waals surface area contributed by atoms with Gasteiger partial charge in [0.2, 0.25) is 0 Å². The van der Waals surface area contributed by atoms with E-state index in [1.165, 1.54) is 23.5 Å². The Morgan fingerprint density at radius 1 is 1.29 bits per heavy atom. The van der Waals surface area contributed by atoms with Gasteiger partial charge in [0.25, 0.3) is 0 Å². The van der Waals surface area contributed by atoms with Crippen molar-refractivity contribution < 1.29 is 22.7 Å². The summed E-state index contributed by atoms with van der Waals surface area (Å²) in [5, 5.41) is 0.490. The topological polar surface area (TPSA) is 39.2 Å². The zero-order valence-corrected chi connectivity index (χ0v) is 12.1. The Bertz CT molecular complexity index is 647. The SMILES string of the molecule is CCOC(=O)c1nc(-c2ccc(C(F)(F)F)cc2)sc1C. The number of ether oxygens (including phenoxy) is 1. The number of carbonyl (C=O) groups excluding carboxylic acids is 1. The molecule has 2 aromatic rings. The second-order valence-corrected chi connectivity index (χ2v) is 5.42. The number of benzene rings is 1. The van der Waals surface area contributed by atoms with Crippen LogP contribution in [0.4, 0.5) is 13.2 Å². The molecular formula is C14H12F3NO2S. The van der Waals surface area contributed by atoms with Crippen molar-refractivity contribution in [2.75, 3.05) is 6.61 Å². The van der Waals surface area contributed by atoms with Crippen LogP contribution in [0.2, 0.25) is 0 Å². The molecule has 0 unspecified atom stereocenters. The summed E-state index contributed by atoms with van der Waals surface area (Å²) in [6.45, 7) is 3.65. The number of carbonyl (C=O) groups is 1. The first-order valence-electron chi connectivity index (χ1n) is 6.15. The standard InChI is InChI=1S/C14H12F3NO2S/c1-3-20-13(19)11-8(2)21-12(18-11)9-4-6-10(7-5-9)14(15,16)17/h4-7H,3H2,1-2H3. The van der Waals surface area contributed by atoms with E-state index in [1.807, 2.05) is 0 Å². The third-order valence-electron chi connectivity index (χ3n) is 2.72. The van der Waals surface area contributed by atoms with E-state index < -0.39 is 17.7 Å². The Hall–Kier alpha value is -1.89. The van der Waals surface area contributed by atoms with Crippen LogP contribution in [-0.4, -0.2) is 17.6 Å². The van der Waals surface area contributed by atoms with Crippen LogP contribution in [0.1, 0.15) is 27.9 Å². The molecule has 0 amide bonds. The van der Waals surface area contributed by atoms with E-state index in [9.17, 15) is 18.0 Å². The quantitative estimate of drug-likeness (QED) is 0.792. The molecule has 0 saturated heterocycles. The van der Waals surface area contributed by atoms with Crippen molar-refractivity contribution in [1.29, 1.82) is 0 Å². The molecule has 1 aromatic carbocycles. The first-order valence-corrected chi connectivity index (χ1v) is 6.96. The molecule has 2 rings (SSSR count). The van der Waals surface area contributed by atoms with Gasteiger partial charge < -0.3 is 4.74 Å². The number of nitrogens with zero attached hydrogens (tertiary/aromatic N) is 1. The molecule has 0 saturated carbocycles. The maximum Gasteiger partial charge on any atom is 0.416 e. The van der Waals surface area contributed by atoms with Crippen LogP contribution in [0.5, 0.6) is 0 Å². The molecule has 0 aliphatic rings. The van der Waals surface area contributed by atoms with Crippen LogP contribution in [0, 0.1) is 6.92 Å². The fourth-order valence-electron chi connectivity index (χ4n) is 1.71. The fourth-order valence-corrected chi connectivity index (χ4v) is 2.62. The highest BCUT2D eigenvalue weighted by atomic mass is 32.1. The number of thiazole rings is 1. The lowest BCUT2D eigenvalue weighted by Gasteiger charge is -2.06. The van der Waals surface area contributed by atoms with Gasteiger partial charge >= 0.3 is 12.1 Å². The average Bonchev–Trinajstić information content (AvgIpc) is 2.80. The molecule has 0 aliphatic heterocycles. The molecule has 1 aromatic heterocycles. The smallest absolute Gasteiger partial charge is 0.416 e. The van der Waals surface area contributed by atoms with Crippen LogP contribution in [0.15, 0.2) is 24.3 Å². The molecule has 0 fully saturated rings. The van der Waals surface area contributed by atoms with E-state index in [4.69, 9.17) is 4.74 Å². The molecule has 3 nitrogen and oxygen atoms in total. The molecule has 0 spiro atoms. The summed E-state index contributed by atoms with van der Waals surface area (Å²) in [4.78, 5) is 16.5. The summed E-state index contributed by atoms with van der Waals surface area (Å²) in [5.41, 5.74) is 0.0218. The zero-order chi connectivity index (χ0) is 15.6. The molecule has 0 atom stereocenters. The van der Waals surface area contributed by atoms with Gasteiger partial charge in [0.1, 0.15) is 5.01 Å². The number of esters is 1. The van der Waals surface area contributed by atoms with Gasteiger partial charge in [-0.3, -0.25) is 0 Å². The second-order valence-electron chi connectivity index (χ2n) is 4.22. The molecule has 0 bridgehead atoms. The fraction of sp³-hybridized carbons (Fsp3) is 0.286. The molecule has 7 heteroatoms. The minimum Gasteiger partial charge on any atom is -0.461 e. The average molecular weight is 315 g/mol. The molecule has 21 heavy (non-hydrogen) atoms. The lowest BCUT2D eigenvalue weighted by Crippen LogP contribution is -2.06.